The fraction of sp³-hybridized carbons (Fsp3) is 0.0492. The molecule has 0 aliphatic carbocycles. The van der Waals surface area contributed by atoms with Gasteiger partial charge >= 0.3 is 0 Å². The minimum atomic E-state index is 0.335. The summed E-state index contributed by atoms with van der Waals surface area (Å²) in [5.74, 6) is 1.06. The molecule has 0 aliphatic rings. The van der Waals surface area contributed by atoms with Crippen LogP contribution in [0.4, 0.5) is 0 Å². The second kappa shape index (κ2) is 16.7. The first kappa shape index (κ1) is 38.7. The summed E-state index contributed by atoms with van der Waals surface area (Å²) < 4.78 is 8.93. The van der Waals surface area contributed by atoms with Gasteiger partial charge in [-0.25, -0.2) is 9.97 Å². The van der Waals surface area contributed by atoms with Gasteiger partial charge in [-0.1, -0.05) is 200 Å². The van der Waals surface area contributed by atoms with E-state index in [0.717, 1.165) is 89.7 Å². The van der Waals surface area contributed by atoms with Crippen molar-refractivity contribution in [2.75, 3.05) is 0 Å². The summed E-state index contributed by atoms with van der Waals surface area (Å²) in [4.78, 5) is 10.4. The Balaban J connectivity index is 0.832. The minimum absolute atomic E-state index is 0.335. The number of hydrogen-bond donors (Lipinski definition) is 0. The van der Waals surface area contributed by atoms with Crippen LogP contribution < -0.4 is 0 Å². The van der Waals surface area contributed by atoms with Crippen molar-refractivity contribution < 1.29 is 4.42 Å². The van der Waals surface area contributed by atoms with Crippen LogP contribution in [0.25, 0.3) is 98.3 Å². The molecule has 4 heteroatoms. The zero-order chi connectivity index (χ0) is 43.1. The monoisotopic (exact) mass is 850 g/mol. The molecule has 0 saturated carbocycles. The zero-order valence-corrected chi connectivity index (χ0v) is 36.4. The lowest BCUT2D eigenvalue weighted by atomic mass is 9.84. The van der Waals surface area contributed by atoms with Crippen molar-refractivity contribution in [3.8, 4) is 56.0 Å². The molecule has 0 bridgehead atoms. The van der Waals surface area contributed by atoms with Gasteiger partial charge in [-0.2, -0.15) is 0 Å². The van der Waals surface area contributed by atoms with Crippen LogP contribution in [0, 0.1) is 0 Å². The van der Waals surface area contributed by atoms with Gasteiger partial charge in [-0.3, -0.25) is 0 Å². The molecule has 0 saturated heterocycles. The van der Waals surface area contributed by atoms with Gasteiger partial charge in [-0.15, -0.1) is 11.3 Å². The highest BCUT2D eigenvalue weighted by Crippen LogP contribution is 2.42. The maximum absolute atomic E-state index is 6.60. The van der Waals surface area contributed by atoms with E-state index in [4.69, 9.17) is 14.4 Å². The molecule has 9 aromatic carbocycles. The van der Waals surface area contributed by atoms with Crippen molar-refractivity contribution in [2.45, 2.75) is 18.8 Å². The number of nitrogens with zero attached hydrogens (tertiary/aromatic N) is 2. The molecule has 65 heavy (non-hydrogen) atoms. The molecule has 12 aromatic rings. The lowest BCUT2D eigenvalue weighted by Gasteiger charge is -2.20. The topological polar surface area (TPSA) is 38.9 Å². The maximum Gasteiger partial charge on any atom is 0.160 e. The zero-order valence-electron chi connectivity index (χ0n) is 35.6. The van der Waals surface area contributed by atoms with E-state index < -0.39 is 0 Å². The molecule has 308 valence electrons. The van der Waals surface area contributed by atoms with E-state index in [-0.39, 0.29) is 0 Å². The molecule has 3 aromatic heterocycles. The largest absolute Gasteiger partial charge is 0.456 e. The summed E-state index contributed by atoms with van der Waals surface area (Å²) in [5, 5.41) is 3.38. The van der Waals surface area contributed by atoms with Crippen LogP contribution in [0.2, 0.25) is 0 Å². The smallest absolute Gasteiger partial charge is 0.160 e. The Morgan fingerprint density at radius 1 is 0.431 bits per heavy atom. The number of aromatic nitrogens is 2. The van der Waals surface area contributed by atoms with E-state index >= 15 is 0 Å². The van der Waals surface area contributed by atoms with Gasteiger partial charge < -0.3 is 4.42 Å². The molecule has 3 nitrogen and oxygen atoms in total. The average molecular weight is 851 g/mol. The van der Waals surface area contributed by atoms with Gasteiger partial charge in [0.1, 0.15) is 11.2 Å². The lowest BCUT2D eigenvalue weighted by molar-refractivity contribution is 0.669. The van der Waals surface area contributed by atoms with Gasteiger partial charge in [0, 0.05) is 32.0 Å². The highest BCUT2D eigenvalue weighted by molar-refractivity contribution is 7.26. The molecular weight excluding hydrogens is 809 g/mol. The SMILES string of the molecule is c1ccc(-c2ccccc2CC(Cc2ccc(-c3ccc4c(c3)oc3cccc(-c5ccc(-c6nc(-c7ccccc7)c7sc8ccccc8c7n6)cc5)c34)cc2)c2ccccc2)cc1. The Morgan fingerprint density at radius 2 is 1.06 bits per heavy atom. The summed E-state index contributed by atoms with van der Waals surface area (Å²) in [5.41, 5.74) is 17.0. The average Bonchev–Trinajstić information content (AvgIpc) is 3.95. The molecule has 0 N–H and O–H groups in total. The van der Waals surface area contributed by atoms with Crippen LogP contribution in [-0.2, 0) is 12.8 Å². The van der Waals surface area contributed by atoms with Crippen molar-refractivity contribution in [3.63, 3.8) is 0 Å². The third-order valence-electron chi connectivity index (χ3n) is 12.8. The molecule has 0 fully saturated rings. The summed E-state index contributed by atoms with van der Waals surface area (Å²) in [6.45, 7) is 0. The van der Waals surface area contributed by atoms with Gasteiger partial charge in [0.2, 0.25) is 0 Å². The molecule has 0 spiro atoms. The summed E-state index contributed by atoms with van der Waals surface area (Å²) in [6.07, 6.45) is 1.90. The van der Waals surface area contributed by atoms with Gasteiger partial charge in [0.25, 0.3) is 0 Å². The Hall–Kier alpha value is -7.92. The predicted octanol–water partition coefficient (Wildman–Crippen LogP) is 16.6. The van der Waals surface area contributed by atoms with Gasteiger partial charge in [-0.05, 0) is 93.1 Å². The maximum atomic E-state index is 6.60. The molecule has 1 unspecified atom stereocenters. The molecular formula is C61H42N2OS. The number of fused-ring (bicyclic) bond motifs is 6. The van der Waals surface area contributed by atoms with Crippen LogP contribution in [0.1, 0.15) is 22.6 Å². The number of rotatable bonds is 10. The first-order valence-corrected chi connectivity index (χ1v) is 23.1. The molecule has 12 rings (SSSR count). The highest BCUT2D eigenvalue weighted by atomic mass is 32.1. The first-order valence-electron chi connectivity index (χ1n) is 22.3. The third kappa shape index (κ3) is 7.38. The number of hydrogen-bond acceptors (Lipinski definition) is 4. The number of thiophene rings is 1. The normalized spacial score (nSPS) is 12.1. The number of furan rings is 1. The van der Waals surface area contributed by atoms with E-state index in [1.54, 1.807) is 11.3 Å². The molecule has 1 atom stereocenters. The first-order chi connectivity index (χ1) is 32.2. The Bertz CT molecular complexity index is 3630. The van der Waals surface area contributed by atoms with Crippen molar-refractivity contribution in [1.82, 2.24) is 9.97 Å². The standard InChI is InChI=1S/C61H42N2OS/c1-4-15-41(16-5-1)49(38-48-21-10-11-22-50(48)43-17-6-2-7-18-43)37-40-27-29-42(30-28-40)47-35-36-52-55(39-47)64-54-25-14-24-51(57(52)54)44-31-33-46(34-32-44)61-62-58(45-19-8-3-9-20-45)60-59(63-61)53-23-12-13-26-56(53)65-60/h1-36,39,49H,37-38H2. The van der Waals surface area contributed by atoms with Crippen molar-refractivity contribution in [1.29, 1.82) is 0 Å². The molecule has 0 radical (unpaired) electrons. The highest BCUT2D eigenvalue weighted by Gasteiger charge is 2.19. The van der Waals surface area contributed by atoms with Crippen LogP contribution >= 0.6 is 11.3 Å². The van der Waals surface area contributed by atoms with Crippen LogP contribution in [0.15, 0.2) is 229 Å². The quantitative estimate of drug-likeness (QED) is 0.138. The summed E-state index contributed by atoms with van der Waals surface area (Å²) in [6, 6.07) is 80.3. The summed E-state index contributed by atoms with van der Waals surface area (Å²) >= 11 is 1.76. The second-order valence-corrected chi connectivity index (χ2v) is 17.9. The van der Waals surface area contributed by atoms with E-state index in [1.165, 1.54) is 38.1 Å². The second-order valence-electron chi connectivity index (χ2n) is 16.8. The van der Waals surface area contributed by atoms with Gasteiger partial charge in [0.05, 0.1) is 15.9 Å². The van der Waals surface area contributed by atoms with Crippen molar-refractivity contribution >= 4 is 53.6 Å². The van der Waals surface area contributed by atoms with Crippen molar-refractivity contribution in [2.24, 2.45) is 0 Å². The van der Waals surface area contributed by atoms with E-state index in [9.17, 15) is 0 Å². The molecule has 0 aliphatic heterocycles. The Morgan fingerprint density at radius 3 is 1.86 bits per heavy atom. The molecule has 3 heterocycles. The van der Waals surface area contributed by atoms with Crippen molar-refractivity contribution in [3.05, 3.63) is 241 Å². The van der Waals surface area contributed by atoms with Crippen LogP contribution in [-0.4, -0.2) is 9.97 Å². The summed E-state index contributed by atoms with van der Waals surface area (Å²) in [7, 11) is 0. The van der Waals surface area contributed by atoms with Crippen LogP contribution in [0.3, 0.4) is 0 Å². The molecule has 0 amide bonds. The van der Waals surface area contributed by atoms with E-state index in [2.05, 4.69) is 218 Å². The van der Waals surface area contributed by atoms with E-state index in [1.807, 2.05) is 6.07 Å². The Labute approximate surface area is 382 Å². The predicted molar refractivity (Wildman–Crippen MR) is 272 cm³/mol. The Kier molecular flexibility index (Phi) is 9.92. The van der Waals surface area contributed by atoms with Gasteiger partial charge in [0.15, 0.2) is 5.82 Å². The lowest BCUT2D eigenvalue weighted by Crippen LogP contribution is -2.08. The number of benzene rings is 9. The fourth-order valence-electron chi connectivity index (χ4n) is 9.57. The van der Waals surface area contributed by atoms with E-state index in [0.29, 0.717) is 5.92 Å². The fourth-order valence-corrected chi connectivity index (χ4v) is 10.7. The third-order valence-corrected chi connectivity index (χ3v) is 14.0. The minimum Gasteiger partial charge on any atom is -0.456 e. The van der Waals surface area contributed by atoms with Crippen LogP contribution in [0.5, 0.6) is 0 Å².